The molecule has 5 heteroatoms. The lowest BCUT2D eigenvalue weighted by atomic mass is 10.0. The Hall–Kier alpha value is -1.52. The molecule has 2 rings (SSSR count). The fourth-order valence-electron chi connectivity index (χ4n) is 1.80. The van der Waals surface area contributed by atoms with Crippen LogP contribution in [0.25, 0.3) is 11.1 Å². The molecular formula is C14H14ClNO2S. The van der Waals surface area contributed by atoms with Gasteiger partial charge in [-0.2, -0.15) is 0 Å². The zero-order chi connectivity index (χ0) is 14.2. The summed E-state index contributed by atoms with van der Waals surface area (Å²) in [5.41, 5.74) is 8.95. The summed E-state index contributed by atoms with van der Waals surface area (Å²) in [7, 11) is -3.18. The Bertz CT molecular complexity index is 722. The summed E-state index contributed by atoms with van der Waals surface area (Å²) in [4.78, 5) is 0.291. The minimum Gasteiger partial charge on any atom is -0.398 e. The molecular weight excluding hydrogens is 282 g/mol. The van der Waals surface area contributed by atoms with Crippen LogP contribution >= 0.6 is 11.6 Å². The third-order valence-corrected chi connectivity index (χ3v) is 4.64. The summed E-state index contributed by atoms with van der Waals surface area (Å²) >= 11 is 6.26. The molecule has 3 nitrogen and oxygen atoms in total. The van der Waals surface area contributed by atoms with Crippen molar-refractivity contribution < 1.29 is 8.42 Å². The largest absolute Gasteiger partial charge is 0.398 e. The van der Waals surface area contributed by atoms with Crippen molar-refractivity contribution in [1.29, 1.82) is 0 Å². The maximum Gasteiger partial charge on any atom is 0.175 e. The number of nitrogens with two attached hydrogens (primary N) is 1. The minimum atomic E-state index is -3.18. The lowest BCUT2D eigenvalue weighted by Gasteiger charge is -2.10. The molecule has 100 valence electrons. The molecule has 0 aliphatic heterocycles. The number of rotatable bonds is 2. The summed E-state index contributed by atoms with van der Waals surface area (Å²) < 4.78 is 22.8. The van der Waals surface area contributed by atoms with Gasteiger partial charge in [0.2, 0.25) is 0 Å². The summed E-state index contributed by atoms with van der Waals surface area (Å²) in [6, 6.07) is 10.3. The van der Waals surface area contributed by atoms with E-state index in [-0.39, 0.29) is 0 Å². The molecule has 0 unspecified atom stereocenters. The number of nitrogen functional groups attached to an aromatic ring is 1. The zero-order valence-electron chi connectivity index (χ0n) is 10.6. The van der Waals surface area contributed by atoms with Gasteiger partial charge in [0.25, 0.3) is 0 Å². The summed E-state index contributed by atoms with van der Waals surface area (Å²) in [5, 5.41) is 0.590. The van der Waals surface area contributed by atoms with E-state index in [9.17, 15) is 8.42 Å². The van der Waals surface area contributed by atoms with Gasteiger partial charge in [-0.3, -0.25) is 0 Å². The highest BCUT2D eigenvalue weighted by molar-refractivity contribution is 7.90. The predicted molar refractivity (Wildman–Crippen MR) is 79.1 cm³/mol. The van der Waals surface area contributed by atoms with Crippen LogP contribution in [0.5, 0.6) is 0 Å². The number of benzene rings is 2. The highest BCUT2D eigenvalue weighted by atomic mass is 35.5. The summed E-state index contributed by atoms with van der Waals surface area (Å²) in [6.07, 6.45) is 1.18. The zero-order valence-corrected chi connectivity index (χ0v) is 12.2. The molecule has 0 amide bonds. The SMILES string of the molecule is Cc1c(N)ccc(-c2ccc(S(C)(=O)=O)cc2)c1Cl. The van der Waals surface area contributed by atoms with E-state index in [2.05, 4.69) is 0 Å². The first-order valence-corrected chi connectivity index (χ1v) is 7.92. The van der Waals surface area contributed by atoms with Crippen LogP contribution in [0.1, 0.15) is 5.56 Å². The van der Waals surface area contributed by atoms with Crippen molar-refractivity contribution in [2.75, 3.05) is 12.0 Å². The van der Waals surface area contributed by atoms with E-state index in [1.807, 2.05) is 13.0 Å². The highest BCUT2D eigenvalue weighted by Gasteiger charge is 2.10. The Morgan fingerprint density at radius 2 is 1.63 bits per heavy atom. The Morgan fingerprint density at radius 3 is 2.16 bits per heavy atom. The van der Waals surface area contributed by atoms with Gasteiger partial charge in [-0.05, 0) is 36.2 Å². The van der Waals surface area contributed by atoms with Crippen molar-refractivity contribution in [1.82, 2.24) is 0 Å². The van der Waals surface area contributed by atoms with E-state index in [4.69, 9.17) is 17.3 Å². The van der Waals surface area contributed by atoms with E-state index in [0.717, 1.165) is 16.7 Å². The Kier molecular flexibility index (Phi) is 3.56. The third-order valence-electron chi connectivity index (χ3n) is 3.02. The Balaban J connectivity index is 2.52. The second kappa shape index (κ2) is 4.87. The number of halogens is 1. The first kappa shape index (κ1) is 13.9. The standard InChI is InChI=1S/C14H14ClNO2S/c1-9-13(16)8-7-12(14(9)15)10-3-5-11(6-4-10)19(2,17)18/h3-8H,16H2,1-2H3. The van der Waals surface area contributed by atoms with E-state index < -0.39 is 9.84 Å². The fraction of sp³-hybridized carbons (Fsp3) is 0.143. The van der Waals surface area contributed by atoms with Gasteiger partial charge in [-0.1, -0.05) is 29.8 Å². The molecule has 19 heavy (non-hydrogen) atoms. The fourth-order valence-corrected chi connectivity index (χ4v) is 2.72. The molecule has 0 aliphatic carbocycles. The highest BCUT2D eigenvalue weighted by Crippen LogP contribution is 2.33. The molecule has 0 atom stereocenters. The van der Waals surface area contributed by atoms with Gasteiger partial charge in [-0.15, -0.1) is 0 Å². The van der Waals surface area contributed by atoms with Gasteiger partial charge in [0.1, 0.15) is 0 Å². The second-order valence-corrected chi connectivity index (χ2v) is 6.83. The quantitative estimate of drug-likeness (QED) is 0.865. The number of hydrogen-bond donors (Lipinski definition) is 1. The minimum absolute atomic E-state index is 0.291. The van der Waals surface area contributed by atoms with Gasteiger partial charge in [0.15, 0.2) is 9.84 Å². The second-order valence-electron chi connectivity index (χ2n) is 4.44. The van der Waals surface area contributed by atoms with Gasteiger partial charge in [-0.25, -0.2) is 8.42 Å². The molecule has 2 N–H and O–H groups in total. The van der Waals surface area contributed by atoms with Gasteiger partial charge >= 0.3 is 0 Å². The molecule has 0 fully saturated rings. The topological polar surface area (TPSA) is 60.2 Å². The van der Waals surface area contributed by atoms with E-state index >= 15 is 0 Å². The van der Waals surface area contributed by atoms with Crippen LogP contribution in [-0.2, 0) is 9.84 Å². The number of sulfone groups is 1. The van der Waals surface area contributed by atoms with E-state index in [1.54, 1.807) is 30.3 Å². The van der Waals surface area contributed by atoms with Crippen LogP contribution in [0.15, 0.2) is 41.3 Å². The third kappa shape index (κ3) is 2.74. The Labute approximate surface area is 117 Å². The van der Waals surface area contributed by atoms with Gasteiger partial charge in [0.05, 0.1) is 9.92 Å². The molecule has 2 aromatic carbocycles. The molecule has 0 saturated heterocycles. The van der Waals surface area contributed by atoms with Crippen molar-refractivity contribution in [3.63, 3.8) is 0 Å². The summed E-state index contributed by atoms with van der Waals surface area (Å²) in [6.45, 7) is 1.85. The van der Waals surface area contributed by atoms with Crippen LogP contribution in [0.2, 0.25) is 5.02 Å². The van der Waals surface area contributed by atoms with Crippen molar-refractivity contribution in [3.05, 3.63) is 47.0 Å². The predicted octanol–water partition coefficient (Wildman–Crippen LogP) is 3.30. The molecule has 0 spiro atoms. The molecule has 0 bridgehead atoms. The first-order valence-electron chi connectivity index (χ1n) is 5.66. The molecule has 0 aliphatic rings. The van der Waals surface area contributed by atoms with Crippen LogP contribution in [0.4, 0.5) is 5.69 Å². The summed E-state index contributed by atoms with van der Waals surface area (Å²) in [5.74, 6) is 0. The maximum atomic E-state index is 11.4. The van der Waals surface area contributed by atoms with Crippen LogP contribution in [0.3, 0.4) is 0 Å². The Morgan fingerprint density at radius 1 is 1.05 bits per heavy atom. The van der Waals surface area contributed by atoms with E-state index in [1.165, 1.54) is 6.26 Å². The monoisotopic (exact) mass is 295 g/mol. The average Bonchev–Trinajstić information content (AvgIpc) is 2.35. The van der Waals surface area contributed by atoms with E-state index in [0.29, 0.717) is 15.6 Å². The first-order chi connectivity index (χ1) is 8.80. The molecule has 0 radical (unpaired) electrons. The normalized spacial score (nSPS) is 11.5. The van der Waals surface area contributed by atoms with Crippen molar-refractivity contribution in [2.45, 2.75) is 11.8 Å². The van der Waals surface area contributed by atoms with Crippen molar-refractivity contribution in [2.24, 2.45) is 0 Å². The lowest BCUT2D eigenvalue weighted by molar-refractivity contribution is 0.602. The van der Waals surface area contributed by atoms with Gasteiger partial charge in [0, 0.05) is 17.5 Å². The maximum absolute atomic E-state index is 11.4. The molecule has 0 saturated carbocycles. The molecule has 0 aromatic heterocycles. The van der Waals surface area contributed by atoms with Crippen LogP contribution in [-0.4, -0.2) is 14.7 Å². The molecule has 2 aromatic rings. The average molecular weight is 296 g/mol. The van der Waals surface area contributed by atoms with Crippen molar-refractivity contribution in [3.8, 4) is 11.1 Å². The van der Waals surface area contributed by atoms with Crippen LogP contribution < -0.4 is 5.73 Å². The lowest BCUT2D eigenvalue weighted by Crippen LogP contribution is -1.96. The van der Waals surface area contributed by atoms with Gasteiger partial charge < -0.3 is 5.73 Å². The van der Waals surface area contributed by atoms with Crippen molar-refractivity contribution >= 4 is 27.1 Å². The van der Waals surface area contributed by atoms with Crippen LogP contribution in [0, 0.1) is 6.92 Å². The number of hydrogen-bond acceptors (Lipinski definition) is 3. The smallest absolute Gasteiger partial charge is 0.175 e. The molecule has 0 heterocycles. The number of anilines is 1.